The molecule has 1 aromatic rings. The van der Waals surface area contributed by atoms with Crippen molar-refractivity contribution < 1.29 is 13.5 Å². The maximum atomic E-state index is 12.3. The number of sulfonamides is 1. The fourth-order valence-corrected chi connectivity index (χ4v) is 4.04. The zero-order valence-electron chi connectivity index (χ0n) is 11.7. The van der Waals surface area contributed by atoms with Crippen LogP contribution in [0.1, 0.15) is 44.6 Å². The van der Waals surface area contributed by atoms with Crippen molar-refractivity contribution in [3.63, 3.8) is 0 Å². The Kier molecular flexibility index (Phi) is 5.12. The molecular weight excluding hydrogens is 276 g/mol. The predicted octanol–water partition coefficient (Wildman–Crippen LogP) is 1.82. The predicted molar refractivity (Wildman–Crippen MR) is 76.5 cm³/mol. The van der Waals surface area contributed by atoms with E-state index in [9.17, 15) is 8.42 Å². The van der Waals surface area contributed by atoms with Crippen molar-refractivity contribution in [2.45, 2.75) is 56.7 Å². The summed E-state index contributed by atoms with van der Waals surface area (Å²) in [5.74, 6) is 0.412. The zero-order chi connectivity index (χ0) is 14.6. The van der Waals surface area contributed by atoms with Crippen LogP contribution in [-0.2, 0) is 16.6 Å². The lowest BCUT2D eigenvalue weighted by Crippen LogP contribution is -2.42. The highest BCUT2D eigenvalue weighted by molar-refractivity contribution is 7.89. The molecule has 112 valence electrons. The highest BCUT2D eigenvalue weighted by Gasteiger charge is 2.28. The van der Waals surface area contributed by atoms with Gasteiger partial charge in [0.05, 0.1) is 6.61 Å². The molecule has 2 N–H and O–H groups in total. The summed E-state index contributed by atoms with van der Waals surface area (Å²) in [4.78, 5) is 3.93. The SMILES string of the molecule is CCC1CCCCC1NS(=O)(=O)c1ccc(CO)cn1. The monoisotopic (exact) mass is 298 g/mol. The lowest BCUT2D eigenvalue weighted by atomic mass is 9.83. The first-order chi connectivity index (χ1) is 9.56. The number of aromatic nitrogens is 1. The van der Waals surface area contributed by atoms with Gasteiger partial charge in [-0.2, -0.15) is 0 Å². The molecule has 0 aromatic carbocycles. The van der Waals surface area contributed by atoms with Crippen LogP contribution in [0, 0.1) is 5.92 Å². The van der Waals surface area contributed by atoms with Gasteiger partial charge < -0.3 is 5.11 Å². The molecule has 1 aliphatic rings. The second-order valence-electron chi connectivity index (χ2n) is 5.34. The minimum Gasteiger partial charge on any atom is -0.392 e. The zero-order valence-corrected chi connectivity index (χ0v) is 12.6. The van der Waals surface area contributed by atoms with E-state index < -0.39 is 10.0 Å². The van der Waals surface area contributed by atoms with E-state index in [1.165, 1.54) is 18.7 Å². The number of hydrogen-bond donors (Lipinski definition) is 2. The Morgan fingerprint density at radius 3 is 2.70 bits per heavy atom. The van der Waals surface area contributed by atoms with Gasteiger partial charge in [-0.3, -0.25) is 0 Å². The van der Waals surface area contributed by atoms with Gasteiger partial charge in [-0.25, -0.2) is 18.1 Å². The van der Waals surface area contributed by atoms with Crippen LogP contribution in [0.3, 0.4) is 0 Å². The second kappa shape index (κ2) is 6.65. The van der Waals surface area contributed by atoms with Crippen molar-refractivity contribution in [2.75, 3.05) is 0 Å². The number of aliphatic hydroxyl groups excluding tert-OH is 1. The van der Waals surface area contributed by atoms with Crippen molar-refractivity contribution in [1.82, 2.24) is 9.71 Å². The van der Waals surface area contributed by atoms with Crippen molar-refractivity contribution in [3.05, 3.63) is 23.9 Å². The first-order valence-corrected chi connectivity index (χ1v) is 8.63. The number of rotatable bonds is 5. The van der Waals surface area contributed by atoms with E-state index in [0.29, 0.717) is 11.5 Å². The van der Waals surface area contributed by atoms with E-state index in [-0.39, 0.29) is 17.7 Å². The molecule has 0 spiro atoms. The third-order valence-corrected chi connectivity index (χ3v) is 5.40. The Bertz CT molecular complexity index is 528. The van der Waals surface area contributed by atoms with Crippen LogP contribution < -0.4 is 4.72 Å². The number of nitrogens with zero attached hydrogens (tertiary/aromatic N) is 1. The molecule has 6 heteroatoms. The first-order valence-electron chi connectivity index (χ1n) is 7.15. The molecule has 2 atom stereocenters. The summed E-state index contributed by atoms with van der Waals surface area (Å²) in [6.45, 7) is 1.97. The summed E-state index contributed by atoms with van der Waals surface area (Å²) in [5.41, 5.74) is 0.605. The highest BCUT2D eigenvalue weighted by atomic mass is 32.2. The summed E-state index contributed by atoms with van der Waals surface area (Å²) in [6, 6.07) is 3.04. The van der Waals surface area contributed by atoms with Crippen LogP contribution in [0.15, 0.2) is 23.4 Å². The molecule has 0 radical (unpaired) electrons. The Morgan fingerprint density at radius 2 is 2.10 bits per heavy atom. The average Bonchev–Trinajstić information content (AvgIpc) is 2.47. The molecule has 1 aromatic heterocycles. The number of pyridine rings is 1. The van der Waals surface area contributed by atoms with E-state index in [4.69, 9.17) is 5.11 Å². The van der Waals surface area contributed by atoms with Gasteiger partial charge in [0.2, 0.25) is 0 Å². The molecule has 1 fully saturated rings. The van der Waals surface area contributed by atoms with E-state index in [2.05, 4.69) is 16.6 Å². The Hall–Kier alpha value is -0.980. The van der Waals surface area contributed by atoms with Crippen LogP contribution in [0.2, 0.25) is 0 Å². The fraction of sp³-hybridized carbons (Fsp3) is 0.643. The Labute approximate surface area is 120 Å². The average molecular weight is 298 g/mol. The van der Waals surface area contributed by atoms with Crippen molar-refractivity contribution in [3.8, 4) is 0 Å². The third kappa shape index (κ3) is 3.56. The largest absolute Gasteiger partial charge is 0.392 e. The summed E-state index contributed by atoms with van der Waals surface area (Å²) in [6.07, 6.45) is 6.62. The highest BCUT2D eigenvalue weighted by Crippen LogP contribution is 2.27. The maximum absolute atomic E-state index is 12.3. The molecule has 0 aliphatic heterocycles. The molecule has 0 bridgehead atoms. The Balaban J connectivity index is 2.12. The molecule has 1 heterocycles. The van der Waals surface area contributed by atoms with Crippen LogP contribution >= 0.6 is 0 Å². The molecular formula is C14H22N2O3S. The molecule has 1 aliphatic carbocycles. The van der Waals surface area contributed by atoms with Gasteiger partial charge in [0, 0.05) is 12.2 Å². The van der Waals surface area contributed by atoms with Gasteiger partial charge in [-0.05, 0) is 30.4 Å². The summed E-state index contributed by atoms with van der Waals surface area (Å²) in [7, 11) is -3.57. The molecule has 5 nitrogen and oxygen atoms in total. The molecule has 1 saturated carbocycles. The number of nitrogens with one attached hydrogen (secondary N) is 1. The van der Waals surface area contributed by atoms with E-state index in [1.54, 1.807) is 6.07 Å². The topological polar surface area (TPSA) is 79.3 Å². The smallest absolute Gasteiger partial charge is 0.258 e. The minimum atomic E-state index is -3.57. The van der Waals surface area contributed by atoms with E-state index in [1.807, 2.05) is 0 Å². The Morgan fingerprint density at radius 1 is 1.35 bits per heavy atom. The second-order valence-corrected chi connectivity index (χ2v) is 7.00. The summed E-state index contributed by atoms with van der Waals surface area (Å²) in [5, 5.41) is 8.98. The fourth-order valence-electron chi connectivity index (χ4n) is 2.77. The lowest BCUT2D eigenvalue weighted by Gasteiger charge is -2.31. The molecule has 0 amide bonds. The number of aliphatic hydroxyl groups is 1. The standard InChI is InChI=1S/C14H22N2O3S/c1-2-12-5-3-4-6-13(12)16-20(18,19)14-8-7-11(10-17)9-15-14/h7-9,12-13,16-17H,2-6,10H2,1H3. The third-order valence-electron chi connectivity index (χ3n) is 4.00. The van der Waals surface area contributed by atoms with Crippen LogP contribution in [0.5, 0.6) is 0 Å². The van der Waals surface area contributed by atoms with Crippen molar-refractivity contribution in [2.24, 2.45) is 5.92 Å². The molecule has 2 unspecified atom stereocenters. The van der Waals surface area contributed by atoms with Crippen LogP contribution in [0.4, 0.5) is 0 Å². The van der Waals surface area contributed by atoms with E-state index >= 15 is 0 Å². The van der Waals surface area contributed by atoms with E-state index in [0.717, 1.165) is 25.7 Å². The van der Waals surface area contributed by atoms with Crippen molar-refractivity contribution >= 4 is 10.0 Å². The first kappa shape index (κ1) is 15.4. The van der Waals surface area contributed by atoms with Gasteiger partial charge in [-0.1, -0.05) is 32.3 Å². The summed E-state index contributed by atoms with van der Waals surface area (Å²) < 4.78 is 27.4. The summed E-state index contributed by atoms with van der Waals surface area (Å²) >= 11 is 0. The van der Waals surface area contributed by atoms with Crippen LogP contribution in [-0.4, -0.2) is 24.6 Å². The van der Waals surface area contributed by atoms with Gasteiger partial charge in [0.25, 0.3) is 10.0 Å². The van der Waals surface area contributed by atoms with Gasteiger partial charge in [0.15, 0.2) is 5.03 Å². The molecule has 0 saturated heterocycles. The number of hydrogen-bond acceptors (Lipinski definition) is 4. The normalized spacial score (nSPS) is 23.7. The van der Waals surface area contributed by atoms with Gasteiger partial charge in [0.1, 0.15) is 0 Å². The quantitative estimate of drug-likeness (QED) is 0.869. The maximum Gasteiger partial charge on any atom is 0.258 e. The molecule has 2 rings (SSSR count). The van der Waals surface area contributed by atoms with Crippen molar-refractivity contribution in [1.29, 1.82) is 0 Å². The molecule has 20 heavy (non-hydrogen) atoms. The van der Waals surface area contributed by atoms with Gasteiger partial charge >= 0.3 is 0 Å². The van der Waals surface area contributed by atoms with Crippen LogP contribution in [0.25, 0.3) is 0 Å². The lowest BCUT2D eigenvalue weighted by molar-refractivity contribution is 0.280. The van der Waals surface area contributed by atoms with Gasteiger partial charge in [-0.15, -0.1) is 0 Å². The minimum absolute atomic E-state index is 0.0121.